The first-order valence-corrected chi connectivity index (χ1v) is 19.0. The Labute approximate surface area is 314 Å². The minimum absolute atomic E-state index is 0.00552. The quantitative estimate of drug-likeness (QED) is 0.188. The van der Waals surface area contributed by atoms with Gasteiger partial charge in [-0.3, -0.25) is 33.5 Å². The van der Waals surface area contributed by atoms with E-state index in [0.29, 0.717) is 36.5 Å². The summed E-state index contributed by atoms with van der Waals surface area (Å²) in [6, 6.07) is 6.65. The van der Waals surface area contributed by atoms with E-state index in [2.05, 4.69) is 30.7 Å². The lowest BCUT2D eigenvalue weighted by atomic mass is 9.85. The van der Waals surface area contributed by atoms with Gasteiger partial charge in [-0.15, -0.1) is 0 Å². The number of piperidine rings is 2. The van der Waals surface area contributed by atoms with Gasteiger partial charge in [-0.1, -0.05) is 12.1 Å². The number of carbonyl (C=O) groups excluding carboxylic acids is 3. The molecule has 0 bridgehead atoms. The van der Waals surface area contributed by atoms with Crippen LogP contribution in [-0.2, 0) is 27.8 Å². The Morgan fingerprint density at radius 2 is 1.85 bits per heavy atom. The minimum Gasteiger partial charge on any atom is -0.378 e. The van der Waals surface area contributed by atoms with Crippen LogP contribution in [0, 0.1) is 5.92 Å². The number of alkyl halides is 2. The SMILES string of the molecule is Cn1c(=O)n(C2CCC(=O)NC2=O)c2cccc(CCOC3CCN(CC4CCC(n5cc(NC(=O)c6cnn7cccnc67)c(C(F)F)n5)CC4)CC3)c21. The normalized spacial score (nSPS) is 21.5. The number of imide groups is 1. The van der Waals surface area contributed by atoms with Gasteiger partial charge >= 0.3 is 5.69 Å². The molecule has 15 nitrogen and oxygen atoms in total. The lowest BCUT2D eigenvalue weighted by Crippen LogP contribution is -2.44. The maximum absolute atomic E-state index is 14.0. The molecule has 2 saturated heterocycles. The number of hydrogen-bond acceptors (Lipinski definition) is 9. The number of nitrogens with one attached hydrogen (secondary N) is 2. The number of halogens is 2. The van der Waals surface area contributed by atoms with Crippen molar-refractivity contribution in [1.82, 2.24) is 43.7 Å². The highest BCUT2D eigenvalue weighted by atomic mass is 19.3. The largest absolute Gasteiger partial charge is 0.378 e. The van der Waals surface area contributed by atoms with Crippen LogP contribution in [0.15, 0.2) is 53.8 Å². The number of nitrogens with zero attached hydrogens (tertiary/aromatic N) is 8. The molecular formula is C38H44F2N10O5. The topological polar surface area (TPSA) is 163 Å². The third kappa shape index (κ3) is 7.42. The van der Waals surface area contributed by atoms with Crippen LogP contribution in [0.1, 0.15) is 91.5 Å². The molecule has 0 spiro atoms. The number of hydrogen-bond donors (Lipinski definition) is 2. The monoisotopic (exact) mass is 758 g/mol. The molecule has 2 aliphatic heterocycles. The second-order valence-corrected chi connectivity index (χ2v) is 14.9. The van der Waals surface area contributed by atoms with Crippen molar-refractivity contribution in [2.45, 2.75) is 82.4 Å². The second-order valence-electron chi connectivity index (χ2n) is 14.9. The second kappa shape index (κ2) is 15.5. The standard InChI is InChI=1S/C38H44F2N10O5/c1-46-33-24(4-2-5-29(33)50(38(46)54)30-10-11-31(51)44-37(30)53)14-19-55-26-12-17-47(18-13-26)21-23-6-8-25(9-7-23)49-22-28(32(45-49)34(39)40)43-36(52)27-20-42-48-16-3-15-41-35(27)48/h2-5,15-16,20,22-23,25-26,30,34H,6-14,17-19,21H2,1H3,(H,43,52)(H,44,51,53). The fourth-order valence-corrected chi connectivity index (χ4v) is 8.53. The predicted molar refractivity (Wildman–Crippen MR) is 197 cm³/mol. The van der Waals surface area contributed by atoms with Crippen molar-refractivity contribution < 1.29 is 27.9 Å². The lowest BCUT2D eigenvalue weighted by Gasteiger charge is -2.36. The number of ether oxygens (including phenoxy) is 1. The Morgan fingerprint density at radius 3 is 2.62 bits per heavy atom. The van der Waals surface area contributed by atoms with Crippen molar-refractivity contribution in [3.05, 3.63) is 76.4 Å². The van der Waals surface area contributed by atoms with Crippen molar-refractivity contribution in [2.24, 2.45) is 13.0 Å². The Bertz CT molecular complexity index is 2280. The minimum atomic E-state index is -2.84. The van der Waals surface area contributed by atoms with E-state index in [1.165, 1.54) is 27.7 Å². The van der Waals surface area contributed by atoms with Crippen LogP contribution in [0.5, 0.6) is 0 Å². The summed E-state index contributed by atoms with van der Waals surface area (Å²) in [4.78, 5) is 57.2. The number of amides is 3. The van der Waals surface area contributed by atoms with Gasteiger partial charge in [-0.25, -0.2) is 23.1 Å². The Balaban J connectivity index is 0.802. The van der Waals surface area contributed by atoms with Crippen molar-refractivity contribution >= 4 is 40.1 Å². The summed E-state index contributed by atoms with van der Waals surface area (Å²) in [5.41, 5.74) is 2.21. The van der Waals surface area contributed by atoms with E-state index in [0.717, 1.165) is 69.2 Å². The highest BCUT2D eigenvalue weighted by Crippen LogP contribution is 2.36. The number of aryl methyl sites for hydroxylation is 1. The van der Waals surface area contributed by atoms with Gasteiger partial charge in [0, 0.05) is 51.7 Å². The van der Waals surface area contributed by atoms with Crippen LogP contribution in [-0.4, -0.2) is 88.5 Å². The predicted octanol–water partition coefficient (Wildman–Crippen LogP) is 4.20. The lowest BCUT2D eigenvalue weighted by molar-refractivity contribution is -0.135. The fraction of sp³-hybridized carbons (Fsp3) is 0.500. The molecule has 3 aliphatic rings. The summed E-state index contributed by atoms with van der Waals surface area (Å²) in [6.07, 6.45) is 9.88. The highest BCUT2D eigenvalue weighted by Gasteiger charge is 2.32. The molecule has 6 heterocycles. The number of carbonyl (C=O) groups is 3. The average Bonchev–Trinajstić information content (AvgIpc) is 3.88. The summed E-state index contributed by atoms with van der Waals surface area (Å²) in [5.74, 6) is -0.838. The van der Waals surface area contributed by atoms with Crippen LogP contribution >= 0.6 is 0 Å². The number of aromatic nitrogens is 7. The van der Waals surface area contributed by atoms with Crippen molar-refractivity contribution in [1.29, 1.82) is 0 Å². The molecule has 55 heavy (non-hydrogen) atoms. The Kier molecular flexibility index (Phi) is 10.3. The summed E-state index contributed by atoms with van der Waals surface area (Å²) >= 11 is 0. The third-order valence-electron chi connectivity index (χ3n) is 11.4. The number of anilines is 1. The van der Waals surface area contributed by atoms with E-state index in [1.807, 2.05) is 18.2 Å². The van der Waals surface area contributed by atoms with Crippen molar-refractivity contribution in [2.75, 3.05) is 31.6 Å². The number of benzene rings is 1. The molecule has 1 unspecified atom stereocenters. The van der Waals surface area contributed by atoms with E-state index in [-0.39, 0.29) is 41.4 Å². The highest BCUT2D eigenvalue weighted by molar-refractivity contribution is 6.08. The van der Waals surface area contributed by atoms with Gasteiger partial charge in [0.1, 0.15) is 11.6 Å². The number of likely N-dealkylation sites (tertiary alicyclic amines) is 1. The maximum atomic E-state index is 14.0. The third-order valence-corrected chi connectivity index (χ3v) is 11.4. The van der Waals surface area contributed by atoms with Crippen molar-refractivity contribution in [3.63, 3.8) is 0 Å². The molecule has 8 rings (SSSR count). The first kappa shape index (κ1) is 36.7. The van der Waals surface area contributed by atoms with Crippen LogP contribution in [0.25, 0.3) is 16.7 Å². The molecule has 2 N–H and O–H groups in total. The first-order valence-electron chi connectivity index (χ1n) is 19.0. The van der Waals surface area contributed by atoms with Gasteiger partial charge in [0.05, 0.1) is 41.7 Å². The van der Waals surface area contributed by atoms with E-state index < -0.39 is 30.0 Å². The van der Waals surface area contributed by atoms with E-state index in [4.69, 9.17) is 4.74 Å². The zero-order valence-corrected chi connectivity index (χ0v) is 30.6. The molecular weight excluding hydrogens is 714 g/mol. The molecule has 5 aromatic rings. The molecule has 1 aliphatic carbocycles. The van der Waals surface area contributed by atoms with Crippen LogP contribution in [0.3, 0.4) is 0 Å². The first-order chi connectivity index (χ1) is 26.6. The molecule has 17 heteroatoms. The zero-order chi connectivity index (χ0) is 38.2. The average molecular weight is 759 g/mol. The zero-order valence-electron chi connectivity index (χ0n) is 30.6. The number of rotatable bonds is 11. The maximum Gasteiger partial charge on any atom is 0.329 e. The fourth-order valence-electron chi connectivity index (χ4n) is 8.53. The molecule has 290 valence electrons. The van der Waals surface area contributed by atoms with E-state index in [9.17, 15) is 28.0 Å². The van der Waals surface area contributed by atoms with Gasteiger partial charge in [0.2, 0.25) is 11.8 Å². The smallest absolute Gasteiger partial charge is 0.329 e. The van der Waals surface area contributed by atoms with E-state index >= 15 is 0 Å². The number of para-hydroxylation sites is 1. The number of fused-ring (bicyclic) bond motifs is 2. The number of imidazole rings is 1. The van der Waals surface area contributed by atoms with Crippen LogP contribution < -0.4 is 16.3 Å². The summed E-state index contributed by atoms with van der Waals surface area (Å²) in [7, 11) is 1.71. The summed E-state index contributed by atoms with van der Waals surface area (Å²) < 4.78 is 40.5. The van der Waals surface area contributed by atoms with Gasteiger partial charge < -0.3 is 15.0 Å². The summed E-state index contributed by atoms with van der Waals surface area (Å²) in [5, 5.41) is 13.3. The van der Waals surface area contributed by atoms with Crippen molar-refractivity contribution in [3.8, 4) is 0 Å². The van der Waals surface area contributed by atoms with E-state index in [1.54, 1.807) is 28.6 Å². The van der Waals surface area contributed by atoms with Crippen LogP contribution in [0.2, 0.25) is 0 Å². The van der Waals surface area contributed by atoms with Gasteiger partial charge in [-0.05, 0) is 75.0 Å². The summed E-state index contributed by atoms with van der Waals surface area (Å²) in [6.45, 7) is 3.36. The molecule has 1 saturated carbocycles. The van der Waals surface area contributed by atoms with Gasteiger partial charge in [-0.2, -0.15) is 10.2 Å². The van der Waals surface area contributed by atoms with Gasteiger partial charge in [0.15, 0.2) is 11.3 Å². The molecule has 1 aromatic carbocycles. The molecule has 4 aromatic heterocycles. The molecule has 1 atom stereocenters. The van der Waals surface area contributed by atoms with Crippen LogP contribution in [0.4, 0.5) is 14.5 Å². The molecule has 3 amide bonds. The molecule has 0 radical (unpaired) electrons. The molecule has 3 fully saturated rings. The van der Waals surface area contributed by atoms with Gasteiger partial charge in [0.25, 0.3) is 12.3 Å². The Hall–Kier alpha value is -5.29. The Morgan fingerprint density at radius 1 is 1.05 bits per heavy atom.